The fourth-order valence-electron chi connectivity index (χ4n) is 4.15. The number of benzene rings is 1. The van der Waals surface area contributed by atoms with Gasteiger partial charge in [-0.1, -0.05) is 25.0 Å². The topological polar surface area (TPSA) is 75.3 Å². The van der Waals surface area contributed by atoms with Crippen molar-refractivity contribution in [3.63, 3.8) is 0 Å². The summed E-state index contributed by atoms with van der Waals surface area (Å²) >= 11 is 0. The molecule has 2 aliphatic rings. The van der Waals surface area contributed by atoms with E-state index in [0.717, 1.165) is 16.6 Å². The number of hydrazine groups is 1. The van der Waals surface area contributed by atoms with E-state index in [0.29, 0.717) is 30.3 Å². The van der Waals surface area contributed by atoms with Crippen molar-refractivity contribution >= 4 is 16.8 Å². The minimum absolute atomic E-state index is 0.0156. The molecule has 1 aromatic carbocycles. The van der Waals surface area contributed by atoms with Crippen molar-refractivity contribution in [1.29, 1.82) is 0 Å². The van der Waals surface area contributed by atoms with Crippen molar-refractivity contribution in [1.82, 2.24) is 21.2 Å². The van der Waals surface area contributed by atoms with Crippen LogP contribution in [0, 0.1) is 12.8 Å². The lowest BCUT2D eigenvalue weighted by atomic mass is 9.82. The minimum Gasteiger partial charge on any atom is -0.483 e. The van der Waals surface area contributed by atoms with Crippen LogP contribution in [0.2, 0.25) is 0 Å². The Bertz CT molecular complexity index is 794. The Hall–Kier alpha value is -2.18. The highest BCUT2D eigenvalue weighted by Crippen LogP contribution is 2.29. The summed E-state index contributed by atoms with van der Waals surface area (Å²) in [6, 6.07) is 10.5. The number of hydrogen-bond acceptors (Lipinski definition) is 5. The molecule has 0 spiro atoms. The van der Waals surface area contributed by atoms with Crippen LogP contribution in [0.5, 0.6) is 5.75 Å². The van der Waals surface area contributed by atoms with Gasteiger partial charge in [0.1, 0.15) is 5.75 Å². The fraction of sp³-hybridized carbons (Fsp3) is 0.500. The molecule has 1 amide bonds. The summed E-state index contributed by atoms with van der Waals surface area (Å²) in [5.74, 6) is 1.22. The highest BCUT2D eigenvalue weighted by molar-refractivity contribution is 5.86. The van der Waals surface area contributed by atoms with Crippen molar-refractivity contribution in [3.05, 3.63) is 36.0 Å². The van der Waals surface area contributed by atoms with Crippen molar-refractivity contribution in [2.24, 2.45) is 5.92 Å². The molecule has 1 aromatic heterocycles. The van der Waals surface area contributed by atoms with Crippen LogP contribution < -0.4 is 20.9 Å². The Morgan fingerprint density at radius 3 is 3.04 bits per heavy atom. The molecule has 2 fully saturated rings. The van der Waals surface area contributed by atoms with Gasteiger partial charge in [-0.2, -0.15) is 0 Å². The third kappa shape index (κ3) is 3.66. The SMILES string of the molecule is Cc1cc(OCC(=O)NCC2NNC3CCCCC32)c2ccccc2n1. The van der Waals surface area contributed by atoms with E-state index in [1.54, 1.807) is 0 Å². The predicted octanol–water partition coefficient (Wildman–Crippen LogP) is 2.07. The van der Waals surface area contributed by atoms with Crippen molar-refractivity contribution in [2.75, 3.05) is 13.2 Å². The maximum absolute atomic E-state index is 12.3. The van der Waals surface area contributed by atoms with Crippen LogP contribution in [0.1, 0.15) is 31.4 Å². The molecule has 1 aliphatic carbocycles. The quantitative estimate of drug-likeness (QED) is 0.766. The molecule has 0 bridgehead atoms. The fourth-order valence-corrected chi connectivity index (χ4v) is 4.15. The molecule has 138 valence electrons. The Morgan fingerprint density at radius 2 is 2.12 bits per heavy atom. The van der Waals surface area contributed by atoms with Gasteiger partial charge in [-0.25, -0.2) is 0 Å². The molecule has 6 heteroatoms. The smallest absolute Gasteiger partial charge is 0.257 e. The molecule has 3 N–H and O–H groups in total. The van der Waals surface area contributed by atoms with E-state index in [1.165, 1.54) is 25.7 Å². The number of para-hydroxylation sites is 1. The van der Waals surface area contributed by atoms with E-state index in [1.807, 2.05) is 37.3 Å². The summed E-state index contributed by atoms with van der Waals surface area (Å²) in [7, 11) is 0. The van der Waals surface area contributed by atoms with E-state index in [4.69, 9.17) is 4.74 Å². The van der Waals surface area contributed by atoms with Gasteiger partial charge in [0.25, 0.3) is 5.91 Å². The van der Waals surface area contributed by atoms with Crippen molar-refractivity contribution < 1.29 is 9.53 Å². The summed E-state index contributed by atoms with van der Waals surface area (Å²) in [5, 5.41) is 3.94. The number of nitrogens with one attached hydrogen (secondary N) is 3. The number of pyridine rings is 1. The average molecular weight is 354 g/mol. The second-order valence-electron chi connectivity index (χ2n) is 7.32. The normalized spacial score (nSPS) is 25.0. The number of ether oxygens (including phenoxy) is 1. The third-order valence-corrected chi connectivity index (χ3v) is 5.47. The Morgan fingerprint density at radius 1 is 1.27 bits per heavy atom. The molecule has 4 rings (SSSR count). The summed E-state index contributed by atoms with van der Waals surface area (Å²) in [5.41, 5.74) is 8.48. The Kier molecular flexibility index (Phi) is 5.04. The highest BCUT2D eigenvalue weighted by Gasteiger charge is 2.36. The first-order chi connectivity index (χ1) is 12.7. The molecule has 1 saturated heterocycles. The van der Waals surface area contributed by atoms with Crippen LogP contribution in [-0.2, 0) is 4.79 Å². The van der Waals surface area contributed by atoms with Crippen LogP contribution in [-0.4, -0.2) is 36.1 Å². The van der Waals surface area contributed by atoms with E-state index in [2.05, 4.69) is 21.2 Å². The van der Waals surface area contributed by atoms with E-state index >= 15 is 0 Å². The number of carbonyl (C=O) groups excluding carboxylic acids is 1. The zero-order chi connectivity index (χ0) is 17.9. The largest absolute Gasteiger partial charge is 0.483 e. The van der Waals surface area contributed by atoms with Crippen LogP contribution in [0.4, 0.5) is 0 Å². The number of aromatic nitrogens is 1. The van der Waals surface area contributed by atoms with E-state index in [9.17, 15) is 4.79 Å². The van der Waals surface area contributed by atoms with Crippen LogP contribution in [0.3, 0.4) is 0 Å². The van der Waals surface area contributed by atoms with Crippen LogP contribution in [0.25, 0.3) is 10.9 Å². The molecule has 1 aliphatic heterocycles. The number of fused-ring (bicyclic) bond motifs is 2. The number of aryl methyl sites for hydroxylation is 1. The monoisotopic (exact) mass is 354 g/mol. The third-order valence-electron chi connectivity index (χ3n) is 5.47. The summed E-state index contributed by atoms with van der Waals surface area (Å²) < 4.78 is 5.80. The lowest BCUT2D eigenvalue weighted by Gasteiger charge is -2.27. The average Bonchev–Trinajstić information content (AvgIpc) is 3.07. The van der Waals surface area contributed by atoms with Crippen LogP contribution >= 0.6 is 0 Å². The molecule has 2 heterocycles. The minimum atomic E-state index is -0.0930. The van der Waals surface area contributed by atoms with Gasteiger partial charge in [0.2, 0.25) is 0 Å². The molecule has 26 heavy (non-hydrogen) atoms. The Labute approximate surface area is 153 Å². The predicted molar refractivity (Wildman–Crippen MR) is 101 cm³/mol. The molecule has 2 aromatic rings. The van der Waals surface area contributed by atoms with Gasteiger partial charge in [0.05, 0.1) is 5.52 Å². The standard InChI is InChI=1S/C20H26N4O2/c1-13-10-19(15-7-3-4-8-16(15)22-13)26-12-20(25)21-11-18-14-6-2-5-9-17(14)23-24-18/h3-4,7-8,10,14,17-18,23-24H,2,5-6,9,11-12H2,1H3,(H,21,25). The van der Waals surface area contributed by atoms with Gasteiger partial charge >= 0.3 is 0 Å². The maximum atomic E-state index is 12.3. The molecular formula is C20H26N4O2. The number of hydrogen-bond donors (Lipinski definition) is 3. The summed E-state index contributed by atoms with van der Waals surface area (Å²) in [6.45, 7) is 2.58. The molecule has 6 nitrogen and oxygen atoms in total. The first-order valence-electron chi connectivity index (χ1n) is 9.47. The zero-order valence-electron chi connectivity index (χ0n) is 15.1. The molecular weight excluding hydrogens is 328 g/mol. The van der Waals surface area contributed by atoms with Gasteiger partial charge < -0.3 is 10.1 Å². The maximum Gasteiger partial charge on any atom is 0.257 e. The highest BCUT2D eigenvalue weighted by atomic mass is 16.5. The van der Waals surface area contributed by atoms with E-state index < -0.39 is 0 Å². The lowest BCUT2D eigenvalue weighted by Crippen LogP contribution is -2.43. The second kappa shape index (κ2) is 7.60. The number of amides is 1. The molecule has 1 saturated carbocycles. The number of carbonyl (C=O) groups is 1. The Balaban J connectivity index is 1.32. The first-order valence-corrected chi connectivity index (χ1v) is 9.47. The van der Waals surface area contributed by atoms with Gasteiger partial charge in [-0.05, 0) is 37.8 Å². The molecule has 3 unspecified atom stereocenters. The van der Waals surface area contributed by atoms with Gasteiger partial charge in [-0.15, -0.1) is 0 Å². The number of rotatable bonds is 5. The van der Waals surface area contributed by atoms with Crippen molar-refractivity contribution in [2.45, 2.75) is 44.7 Å². The first kappa shape index (κ1) is 17.2. The van der Waals surface area contributed by atoms with E-state index in [-0.39, 0.29) is 12.5 Å². The summed E-state index contributed by atoms with van der Waals surface area (Å²) in [4.78, 5) is 16.7. The van der Waals surface area contributed by atoms with Gasteiger partial charge in [0, 0.05) is 35.8 Å². The van der Waals surface area contributed by atoms with Gasteiger partial charge in [-0.3, -0.25) is 20.6 Å². The molecule has 0 radical (unpaired) electrons. The molecule has 3 atom stereocenters. The van der Waals surface area contributed by atoms with Crippen LogP contribution in [0.15, 0.2) is 30.3 Å². The number of nitrogens with zero attached hydrogens (tertiary/aromatic N) is 1. The van der Waals surface area contributed by atoms with Crippen molar-refractivity contribution in [3.8, 4) is 5.75 Å². The second-order valence-corrected chi connectivity index (χ2v) is 7.32. The summed E-state index contributed by atoms with van der Waals surface area (Å²) in [6.07, 6.45) is 5.03. The lowest BCUT2D eigenvalue weighted by molar-refractivity contribution is -0.123. The zero-order valence-corrected chi connectivity index (χ0v) is 15.1. The van der Waals surface area contributed by atoms with Gasteiger partial charge in [0.15, 0.2) is 6.61 Å².